The fourth-order valence-corrected chi connectivity index (χ4v) is 1.97. The first-order valence-electron chi connectivity index (χ1n) is 15.1. The Morgan fingerprint density at radius 2 is 0.229 bits per heavy atom. The second-order valence-corrected chi connectivity index (χ2v) is 7.96. The van der Waals surface area contributed by atoms with Crippen LogP contribution in [-0.4, -0.2) is 157 Å². The van der Waals surface area contributed by atoms with Crippen molar-refractivity contribution in [1.29, 1.82) is 0 Å². The summed E-state index contributed by atoms with van der Waals surface area (Å²) in [5.41, 5.74) is 62.0. The van der Waals surface area contributed by atoms with Gasteiger partial charge in [-0.1, -0.05) is 0 Å². The number of nitrogens with one attached hydrogen (secondary N) is 6. The molecule has 0 aromatic heterocycles. The standard InChI is InChI=1S/6C4H13N3.6HI/c6*5-1-3-7-4-2-6;;;;;;/h6*7H,1-6H2;6*1H/p-6. The van der Waals surface area contributed by atoms with Crippen LogP contribution in [0.2, 0.25) is 0 Å². The SMILES string of the molecule is NCCNCCN.NCCNCCN.NCCNCCN.NCCNCCN.NCCNCCN.NCCNCCN.[I-].[I-].[I-].[I-].[I-].[I-]. The van der Waals surface area contributed by atoms with E-state index in [0.717, 1.165) is 78.5 Å². The van der Waals surface area contributed by atoms with E-state index in [2.05, 4.69) is 31.9 Å². The molecule has 0 saturated heterocycles. The van der Waals surface area contributed by atoms with Crippen LogP contribution in [0.4, 0.5) is 0 Å². The Bertz CT molecular complexity index is 260. The van der Waals surface area contributed by atoms with Gasteiger partial charge in [0.25, 0.3) is 0 Å². The second kappa shape index (κ2) is 110. The van der Waals surface area contributed by atoms with E-state index < -0.39 is 0 Å². The van der Waals surface area contributed by atoms with E-state index in [1.165, 1.54) is 0 Å². The van der Waals surface area contributed by atoms with Crippen LogP contribution in [0.15, 0.2) is 0 Å². The molecule has 0 aliphatic rings. The summed E-state index contributed by atoms with van der Waals surface area (Å²) in [5.74, 6) is 0. The fraction of sp³-hybridized carbons (Fsp3) is 1.00. The zero-order chi connectivity index (χ0) is 33.2. The van der Waals surface area contributed by atoms with Gasteiger partial charge in [-0.05, 0) is 0 Å². The fourth-order valence-electron chi connectivity index (χ4n) is 1.97. The summed E-state index contributed by atoms with van der Waals surface area (Å²) >= 11 is 0. The molecule has 0 rings (SSSR count). The van der Waals surface area contributed by atoms with Crippen molar-refractivity contribution in [2.45, 2.75) is 0 Å². The van der Waals surface area contributed by atoms with E-state index in [-0.39, 0.29) is 144 Å². The van der Waals surface area contributed by atoms with Crippen LogP contribution in [0.1, 0.15) is 0 Å². The van der Waals surface area contributed by atoms with E-state index in [0.29, 0.717) is 78.5 Å². The van der Waals surface area contributed by atoms with Gasteiger partial charge in [0.1, 0.15) is 0 Å². The predicted molar refractivity (Wildman–Crippen MR) is 186 cm³/mol. The van der Waals surface area contributed by atoms with E-state index in [4.69, 9.17) is 68.8 Å². The normalized spacial score (nSPS) is 8.25. The minimum Gasteiger partial charge on any atom is -1.00 e. The maximum absolute atomic E-state index is 5.17. The van der Waals surface area contributed by atoms with Gasteiger partial charge in [-0.3, -0.25) is 0 Å². The van der Waals surface area contributed by atoms with Crippen molar-refractivity contribution in [3.8, 4) is 0 Å². The minimum absolute atomic E-state index is 0. The molecule has 0 spiro atoms. The van der Waals surface area contributed by atoms with Crippen molar-refractivity contribution >= 4 is 0 Å². The lowest BCUT2D eigenvalue weighted by Gasteiger charge is -1.95. The molecule has 0 heterocycles. The zero-order valence-electron chi connectivity index (χ0n) is 29.2. The number of rotatable bonds is 24. The highest BCUT2D eigenvalue weighted by Gasteiger charge is 1.79. The van der Waals surface area contributed by atoms with Crippen LogP contribution < -0.4 is 245 Å². The van der Waals surface area contributed by atoms with Gasteiger partial charge in [-0.15, -0.1) is 0 Å². The van der Waals surface area contributed by atoms with Gasteiger partial charge in [0, 0.05) is 157 Å². The molecule has 0 fully saturated rings. The Morgan fingerprint density at radius 1 is 0.167 bits per heavy atom. The van der Waals surface area contributed by atoms with Crippen LogP contribution in [0.3, 0.4) is 0 Å². The van der Waals surface area contributed by atoms with Crippen molar-refractivity contribution < 1.29 is 144 Å². The van der Waals surface area contributed by atoms with Crippen LogP contribution in [0.25, 0.3) is 0 Å². The van der Waals surface area contributed by atoms with Gasteiger partial charge in [0.15, 0.2) is 0 Å². The van der Waals surface area contributed by atoms with Crippen LogP contribution in [0.5, 0.6) is 0 Å². The Morgan fingerprint density at radius 3 is 0.271 bits per heavy atom. The Balaban J connectivity index is -0.0000000316. The third-order valence-electron chi connectivity index (χ3n) is 3.85. The van der Waals surface area contributed by atoms with Gasteiger partial charge >= 0.3 is 0 Å². The first-order chi connectivity index (χ1) is 20.5. The Labute approximate surface area is 396 Å². The van der Waals surface area contributed by atoms with Crippen LogP contribution in [0, 0.1) is 0 Å². The van der Waals surface area contributed by atoms with Gasteiger partial charge in [0.2, 0.25) is 0 Å². The van der Waals surface area contributed by atoms with E-state index in [1.807, 2.05) is 0 Å². The highest BCUT2D eigenvalue weighted by Crippen LogP contribution is 1.52. The van der Waals surface area contributed by atoms with E-state index in [1.54, 1.807) is 0 Å². The van der Waals surface area contributed by atoms with Crippen LogP contribution >= 0.6 is 0 Å². The molecule has 0 aliphatic heterocycles. The molecule has 18 nitrogen and oxygen atoms in total. The van der Waals surface area contributed by atoms with Gasteiger partial charge < -0.3 is 245 Å². The maximum atomic E-state index is 5.17. The highest BCUT2D eigenvalue weighted by molar-refractivity contribution is 4.48. The maximum Gasteiger partial charge on any atom is 0.00750 e. The topological polar surface area (TPSA) is 384 Å². The molecular weight excluding hydrogens is 1300 g/mol. The molecule has 0 atom stereocenters. The first kappa shape index (κ1) is 84.3. The first-order valence-corrected chi connectivity index (χ1v) is 15.1. The predicted octanol–water partition coefficient (Wildman–Crippen LogP) is -27.0. The monoisotopic (exact) mass is 1380 g/mol. The molecule has 0 unspecified atom stereocenters. The minimum atomic E-state index is 0. The molecule has 0 aliphatic carbocycles. The smallest absolute Gasteiger partial charge is 0.00750 e. The second-order valence-electron chi connectivity index (χ2n) is 7.96. The average molecular weight is 1380 g/mol. The summed E-state index contributed by atoms with van der Waals surface area (Å²) < 4.78 is 0. The molecule has 48 heavy (non-hydrogen) atoms. The van der Waals surface area contributed by atoms with Crippen molar-refractivity contribution in [2.75, 3.05) is 157 Å². The van der Waals surface area contributed by atoms with E-state index >= 15 is 0 Å². The molecule has 0 saturated carbocycles. The van der Waals surface area contributed by atoms with Gasteiger partial charge in [-0.25, -0.2) is 0 Å². The summed E-state index contributed by atoms with van der Waals surface area (Å²) in [4.78, 5) is 0. The Hall–Kier alpha value is 3.66. The number of nitrogens with two attached hydrogens (primary N) is 12. The molecule has 0 bridgehead atoms. The Kier molecular flexibility index (Phi) is 194. The third kappa shape index (κ3) is 154. The number of hydrogen-bond acceptors (Lipinski definition) is 18. The molecule has 30 N–H and O–H groups in total. The van der Waals surface area contributed by atoms with Crippen molar-refractivity contribution in [3.63, 3.8) is 0 Å². The molecule has 0 amide bonds. The molecular formula is C24H78I6N18-6. The lowest BCUT2D eigenvalue weighted by atomic mass is 10.6. The van der Waals surface area contributed by atoms with Crippen molar-refractivity contribution in [2.24, 2.45) is 68.8 Å². The van der Waals surface area contributed by atoms with Crippen molar-refractivity contribution in [3.05, 3.63) is 0 Å². The lowest BCUT2D eigenvalue weighted by Crippen LogP contribution is -3.00. The average Bonchev–Trinajstić information content (AvgIpc) is 3.01. The largest absolute Gasteiger partial charge is 1.00 e. The summed E-state index contributed by atoms with van der Waals surface area (Å²) in [6.07, 6.45) is 0. The zero-order valence-corrected chi connectivity index (χ0v) is 42.1. The molecule has 0 radical (unpaired) electrons. The van der Waals surface area contributed by atoms with Crippen LogP contribution in [-0.2, 0) is 0 Å². The van der Waals surface area contributed by atoms with Crippen molar-refractivity contribution in [1.82, 2.24) is 31.9 Å². The highest BCUT2D eigenvalue weighted by atomic mass is 127. The molecule has 24 heteroatoms. The number of halogens is 6. The summed E-state index contributed by atoms with van der Waals surface area (Å²) in [5, 5.41) is 18.2. The molecule has 312 valence electrons. The summed E-state index contributed by atoms with van der Waals surface area (Å²) in [6, 6.07) is 0. The quantitative estimate of drug-likeness (QED) is 0.0315. The lowest BCUT2D eigenvalue weighted by molar-refractivity contribution is -0.00100. The molecule has 0 aromatic carbocycles. The van der Waals surface area contributed by atoms with E-state index in [9.17, 15) is 0 Å². The summed E-state index contributed by atoms with van der Waals surface area (Å²) in [6.45, 7) is 18.8. The molecule has 0 aromatic rings. The summed E-state index contributed by atoms with van der Waals surface area (Å²) in [7, 11) is 0. The third-order valence-corrected chi connectivity index (χ3v) is 3.85. The van der Waals surface area contributed by atoms with Gasteiger partial charge in [-0.2, -0.15) is 0 Å². The number of hydrogen-bond donors (Lipinski definition) is 18. The van der Waals surface area contributed by atoms with Gasteiger partial charge in [0.05, 0.1) is 0 Å².